The zero-order valence-electron chi connectivity index (χ0n) is 27.7. The molecule has 0 bridgehead atoms. The molecule has 4 rings (SSSR count). The molecule has 2 amide bonds. The summed E-state index contributed by atoms with van der Waals surface area (Å²) in [7, 11) is -0.254. The maximum Gasteiger partial charge on any atom is 0.265 e. The minimum Gasteiger partial charge on any atom is -0.495 e. The number of anilines is 1. The molecule has 0 aliphatic rings. The quantitative estimate of drug-likeness (QED) is 0.139. The number of ether oxygens (including phenoxy) is 3. The topological polar surface area (TPSA) is 114 Å². The van der Waals surface area contributed by atoms with E-state index in [1.165, 1.54) is 56.6 Å². The van der Waals surface area contributed by atoms with Crippen LogP contribution in [0.25, 0.3) is 0 Å². The first kappa shape index (κ1) is 37.6. The fourth-order valence-corrected chi connectivity index (χ4v) is 7.05. The second-order valence-corrected chi connectivity index (χ2v) is 14.2. The highest BCUT2D eigenvalue weighted by Crippen LogP contribution is 2.37. The van der Waals surface area contributed by atoms with Gasteiger partial charge in [-0.1, -0.05) is 76.9 Å². The molecule has 0 aromatic heterocycles. The lowest BCUT2D eigenvalue weighted by molar-refractivity contribution is -0.140. The molecule has 0 radical (unpaired) electrons. The molecule has 0 aliphatic carbocycles. The molecular formula is C36H39BrClN3O7S. The summed E-state index contributed by atoms with van der Waals surface area (Å²) >= 11 is 9.83. The number of carbonyl (C=O) groups is 2. The van der Waals surface area contributed by atoms with Crippen LogP contribution >= 0.6 is 27.5 Å². The van der Waals surface area contributed by atoms with Crippen molar-refractivity contribution in [2.45, 2.75) is 37.2 Å². The molecule has 0 fully saturated rings. The van der Waals surface area contributed by atoms with Crippen LogP contribution in [0.5, 0.6) is 17.2 Å². The van der Waals surface area contributed by atoms with Crippen molar-refractivity contribution in [2.24, 2.45) is 0 Å². The zero-order valence-corrected chi connectivity index (χ0v) is 30.8. The minimum atomic E-state index is -4.48. The number of sulfonamides is 1. The second kappa shape index (κ2) is 17.4. The van der Waals surface area contributed by atoms with Gasteiger partial charge in [0.15, 0.2) is 11.5 Å². The Labute approximate surface area is 301 Å². The van der Waals surface area contributed by atoms with E-state index < -0.39 is 28.5 Å². The molecule has 49 heavy (non-hydrogen) atoms. The Morgan fingerprint density at radius 2 is 1.49 bits per heavy atom. The van der Waals surface area contributed by atoms with Crippen LogP contribution in [-0.2, 0) is 32.6 Å². The Balaban J connectivity index is 1.87. The van der Waals surface area contributed by atoms with E-state index in [-0.39, 0.29) is 46.0 Å². The highest BCUT2D eigenvalue weighted by molar-refractivity contribution is 9.10. The van der Waals surface area contributed by atoms with E-state index in [1.54, 1.807) is 6.07 Å². The summed E-state index contributed by atoms with van der Waals surface area (Å²) in [4.78, 5) is 29.8. The average molecular weight is 773 g/mol. The smallest absolute Gasteiger partial charge is 0.265 e. The molecule has 4 aromatic carbocycles. The van der Waals surface area contributed by atoms with Crippen LogP contribution in [0.3, 0.4) is 0 Å². The molecule has 260 valence electrons. The van der Waals surface area contributed by atoms with Gasteiger partial charge >= 0.3 is 0 Å². The number of hydrogen-bond donors (Lipinski definition) is 1. The number of nitrogens with zero attached hydrogens (tertiary/aromatic N) is 2. The van der Waals surface area contributed by atoms with E-state index >= 15 is 0 Å². The van der Waals surface area contributed by atoms with E-state index in [1.807, 2.05) is 61.5 Å². The van der Waals surface area contributed by atoms with E-state index in [0.29, 0.717) is 18.7 Å². The molecule has 0 aliphatic heterocycles. The molecule has 1 N–H and O–H groups in total. The molecule has 4 aromatic rings. The summed E-state index contributed by atoms with van der Waals surface area (Å²) in [6.07, 6.45) is 0.887. The van der Waals surface area contributed by atoms with Crippen LogP contribution in [0, 0.1) is 0 Å². The Hall–Kier alpha value is -4.26. The van der Waals surface area contributed by atoms with Gasteiger partial charge in [-0.3, -0.25) is 13.9 Å². The second-order valence-electron chi connectivity index (χ2n) is 11.0. The van der Waals surface area contributed by atoms with Crippen LogP contribution in [0.4, 0.5) is 5.69 Å². The van der Waals surface area contributed by atoms with Crippen LogP contribution in [0.15, 0.2) is 100 Å². The van der Waals surface area contributed by atoms with Gasteiger partial charge in [0.25, 0.3) is 10.0 Å². The van der Waals surface area contributed by atoms with Gasteiger partial charge in [-0.15, -0.1) is 0 Å². The Morgan fingerprint density at radius 1 is 0.837 bits per heavy atom. The van der Waals surface area contributed by atoms with Gasteiger partial charge in [0.05, 0.1) is 31.9 Å². The highest BCUT2D eigenvalue weighted by atomic mass is 79.9. The first-order chi connectivity index (χ1) is 23.5. The molecule has 1 atom stereocenters. The molecule has 0 heterocycles. The number of carbonyl (C=O) groups excluding carboxylic acids is 2. The van der Waals surface area contributed by atoms with Crippen molar-refractivity contribution in [1.82, 2.24) is 10.2 Å². The number of benzene rings is 4. The number of nitrogens with one attached hydrogen (secondary N) is 1. The van der Waals surface area contributed by atoms with Gasteiger partial charge in [-0.2, -0.15) is 0 Å². The fraction of sp³-hybridized carbons (Fsp3) is 0.278. The van der Waals surface area contributed by atoms with Crippen LogP contribution < -0.4 is 23.8 Å². The summed E-state index contributed by atoms with van der Waals surface area (Å²) in [6, 6.07) is 24.4. The van der Waals surface area contributed by atoms with Gasteiger partial charge < -0.3 is 24.4 Å². The van der Waals surface area contributed by atoms with Gasteiger partial charge in [-0.25, -0.2) is 8.42 Å². The SMILES string of the molecule is CCCNC(=O)[C@H](Cc1ccccc1)N(Cc1ccc(Br)cc1)C(=O)CN(c1cc(Cl)ccc1OC)S(=O)(=O)c1ccc(OC)c(OC)c1. The predicted molar refractivity (Wildman–Crippen MR) is 194 cm³/mol. The van der Waals surface area contributed by atoms with Gasteiger partial charge in [0.2, 0.25) is 11.8 Å². The number of methoxy groups -OCH3 is 3. The monoisotopic (exact) mass is 771 g/mol. The van der Waals surface area contributed by atoms with Crippen molar-refractivity contribution in [1.29, 1.82) is 0 Å². The third-order valence-electron chi connectivity index (χ3n) is 7.72. The third kappa shape index (κ3) is 9.46. The van der Waals surface area contributed by atoms with E-state index in [9.17, 15) is 18.0 Å². The lowest BCUT2D eigenvalue weighted by Crippen LogP contribution is -2.53. The van der Waals surface area contributed by atoms with Crippen molar-refractivity contribution in [2.75, 3.05) is 38.7 Å². The van der Waals surface area contributed by atoms with Crippen molar-refractivity contribution >= 4 is 55.1 Å². The number of halogens is 2. The molecular weight excluding hydrogens is 734 g/mol. The van der Waals surface area contributed by atoms with E-state index in [0.717, 1.165) is 19.9 Å². The average Bonchev–Trinajstić information content (AvgIpc) is 3.11. The summed E-state index contributed by atoms with van der Waals surface area (Å²) in [5.41, 5.74) is 1.61. The predicted octanol–water partition coefficient (Wildman–Crippen LogP) is 6.49. The Morgan fingerprint density at radius 3 is 2.12 bits per heavy atom. The fourth-order valence-electron chi connectivity index (χ4n) is 5.18. The lowest BCUT2D eigenvalue weighted by atomic mass is 10.0. The van der Waals surface area contributed by atoms with Gasteiger partial charge in [0.1, 0.15) is 18.3 Å². The minimum absolute atomic E-state index is 0.0279. The molecule has 0 unspecified atom stereocenters. The van der Waals surface area contributed by atoms with Crippen molar-refractivity contribution in [3.8, 4) is 17.2 Å². The van der Waals surface area contributed by atoms with E-state index in [4.69, 9.17) is 25.8 Å². The largest absolute Gasteiger partial charge is 0.495 e. The van der Waals surface area contributed by atoms with Gasteiger partial charge in [-0.05, 0) is 60.0 Å². The summed E-state index contributed by atoms with van der Waals surface area (Å²) in [5.74, 6) is -0.304. The lowest BCUT2D eigenvalue weighted by Gasteiger charge is -2.34. The molecule has 13 heteroatoms. The number of hydrogen-bond acceptors (Lipinski definition) is 7. The zero-order chi connectivity index (χ0) is 35.6. The first-order valence-electron chi connectivity index (χ1n) is 15.5. The summed E-state index contributed by atoms with van der Waals surface area (Å²) < 4.78 is 47.1. The molecule has 0 saturated carbocycles. The Bertz CT molecular complexity index is 1840. The standard InChI is InChI=1S/C36H39BrClN3O7S/c1-5-19-39-36(43)31(20-25-9-7-6-8-10-25)40(23-26-11-13-27(37)14-12-26)35(42)24-41(30-21-28(38)15-17-32(30)46-2)49(44,45)29-16-18-33(47-3)34(22-29)48-4/h6-18,21-22,31H,5,19-20,23-24H2,1-4H3,(H,39,43)/t31-/m0/s1. The van der Waals surface area contributed by atoms with Crippen LogP contribution in [0.1, 0.15) is 24.5 Å². The van der Waals surface area contributed by atoms with Crippen LogP contribution in [-0.4, -0.2) is 65.6 Å². The molecule has 0 saturated heterocycles. The van der Waals surface area contributed by atoms with Gasteiger partial charge in [0, 0.05) is 35.1 Å². The normalized spacial score (nSPS) is 11.7. The summed E-state index contributed by atoms with van der Waals surface area (Å²) in [6.45, 7) is 1.69. The maximum absolute atomic E-state index is 14.7. The molecule has 10 nitrogen and oxygen atoms in total. The van der Waals surface area contributed by atoms with E-state index in [2.05, 4.69) is 21.2 Å². The maximum atomic E-state index is 14.7. The third-order valence-corrected chi connectivity index (χ3v) is 10.2. The van der Waals surface area contributed by atoms with Crippen molar-refractivity contribution in [3.05, 3.63) is 112 Å². The summed E-state index contributed by atoms with van der Waals surface area (Å²) in [5, 5.41) is 3.16. The Kier molecular flexibility index (Phi) is 13.3. The van der Waals surface area contributed by atoms with Crippen molar-refractivity contribution in [3.63, 3.8) is 0 Å². The molecule has 0 spiro atoms. The number of amides is 2. The first-order valence-corrected chi connectivity index (χ1v) is 18.1. The van der Waals surface area contributed by atoms with Crippen LogP contribution in [0.2, 0.25) is 5.02 Å². The number of rotatable bonds is 16. The van der Waals surface area contributed by atoms with Crippen molar-refractivity contribution < 1.29 is 32.2 Å². The highest BCUT2D eigenvalue weighted by Gasteiger charge is 2.36.